The Morgan fingerprint density at radius 3 is 2.62 bits per heavy atom. The van der Waals surface area contributed by atoms with Crippen molar-refractivity contribution >= 4 is 17.2 Å². The summed E-state index contributed by atoms with van der Waals surface area (Å²) in [6.45, 7) is 1.65. The molecule has 0 fully saturated rings. The number of hydrogen-bond acceptors (Lipinski definition) is 4. The molecule has 132 valence electrons. The van der Waals surface area contributed by atoms with E-state index in [0.717, 1.165) is 33.1 Å². The van der Waals surface area contributed by atoms with Gasteiger partial charge in [-0.05, 0) is 34.7 Å². The lowest BCUT2D eigenvalue weighted by Crippen LogP contribution is -2.26. The van der Waals surface area contributed by atoms with Gasteiger partial charge in [-0.3, -0.25) is 4.79 Å². The predicted molar refractivity (Wildman–Crippen MR) is 103 cm³/mol. The van der Waals surface area contributed by atoms with Crippen LogP contribution in [0.3, 0.4) is 0 Å². The molecule has 4 nitrogen and oxygen atoms in total. The van der Waals surface area contributed by atoms with Crippen molar-refractivity contribution in [2.75, 3.05) is 20.3 Å². The molecule has 1 amide bonds. The van der Waals surface area contributed by atoms with E-state index in [9.17, 15) is 4.79 Å². The van der Waals surface area contributed by atoms with Crippen LogP contribution in [0.2, 0.25) is 0 Å². The second kappa shape index (κ2) is 7.22. The van der Waals surface area contributed by atoms with Gasteiger partial charge >= 0.3 is 0 Å². The van der Waals surface area contributed by atoms with Crippen LogP contribution in [0.1, 0.15) is 15.2 Å². The average Bonchev–Trinajstić information content (AvgIpc) is 3.17. The molecule has 0 spiro atoms. The summed E-state index contributed by atoms with van der Waals surface area (Å²) in [4.78, 5) is 15.5. The first kappa shape index (κ1) is 16.7. The van der Waals surface area contributed by atoms with Gasteiger partial charge in [0, 0.05) is 19.2 Å². The minimum absolute atomic E-state index is 0.0220. The minimum atomic E-state index is 0.0220. The van der Waals surface area contributed by atoms with Crippen molar-refractivity contribution in [3.05, 3.63) is 70.4 Å². The number of fused-ring (bicyclic) bond motifs is 1. The largest absolute Gasteiger partial charge is 0.486 e. The number of amides is 1. The smallest absolute Gasteiger partial charge is 0.264 e. The molecule has 1 aliphatic rings. The van der Waals surface area contributed by atoms with E-state index >= 15 is 0 Å². The molecule has 1 aliphatic heterocycles. The van der Waals surface area contributed by atoms with Crippen LogP contribution in [0, 0.1) is 0 Å². The molecule has 0 saturated heterocycles. The quantitative estimate of drug-likeness (QED) is 0.685. The van der Waals surface area contributed by atoms with Crippen molar-refractivity contribution in [1.29, 1.82) is 0 Å². The second-order valence-corrected chi connectivity index (χ2v) is 7.08. The van der Waals surface area contributed by atoms with Gasteiger partial charge in [-0.2, -0.15) is 0 Å². The van der Waals surface area contributed by atoms with Gasteiger partial charge in [0.25, 0.3) is 5.91 Å². The third kappa shape index (κ3) is 3.30. The third-order valence-corrected chi connectivity index (χ3v) is 5.22. The van der Waals surface area contributed by atoms with Crippen molar-refractivity contribution in [3.63, 3.8) is 0 Å². The van der Waals surface area contributed by atoms with E-state index in [1.54, 1.807) is 4.90 Å². The van der Waals surface area contributed by atoms with E-state index in [2.05, 4.69) is 0 Å². The fourth-order valence-corrected chi connectivity index (χ4v) is 3.93. The van der Waals surface area contributed by atoms with Crippen LogP contribution in [0.15, 0.2) is 60.0 Å². The fourth-order valence-electron chi connectivity index (χ4n) is 3.03. The fraction of sp³-hybridized carbons (Fsp3) is 0.190. The van der Waals surface area contributed by atoms with Gasteiger partial charge in [-0.25, -0.2) is 0 Å². The van der Waals surface area contributed by atoms with Crippen molar-refractivity contribution in [2.24, 2.45) is 0 Å². The first-order valence-corrected chi connectivity index (χ1v) is 9.37. The molecule has 26 heavy (non-hydrogen) atoms. The van der Waals surface area contributed by atoms with Gasteiger partial charge in [0.1, 0.15) is 13.2 Å². The number of thiophene rings is 1. The number of nitrogens with zero attached hydrogens (tertiary/aromatic N) is 1. The van der Waals surface area contributed by atoms with E-state index in [1.807, 2.05) is 67.0 Å². The standard InChI is InChI=1S/C21H19NO3S/c1-22(14-15-7-8-18-19(13-15)25-11-10-24-18)21(23)20-17(9-12-26-20)16-5-3-2-4-6-16/h2-9,12-13H,10-11,14H2,1H3. The Morgan fingerprint density at radius 2 is 1.81 bits per heavy atom. The Balaban J connectivity index is 1.53. The SMILES string of the molecule is CN(Cc1ccc2c(c1)OCCO2)C(=O)c1sccc1-c1ccccc1. The summed E-state index contributed by atoms with van der Waals surface area (Å²) in [6.07, 6.45) is 0. The zero-order chi connectivity index (χ0) is 17.9. The summed E-state index contributed by atoms with van der Waals surface area (Å²) < 4.78 is 11.2. The lowest BCUT2D eigenvalue weighted by Gasteiger charge is -2.21. The molecule has 0 aliphatic carbocycles. The molecule has 5 heteroatoms. The summed E-state index contributed by atoms with van der Waals surface area (Å²) in [5.41, 5.74) is 3.06. The zero-order valence-electron chi connectivity index (χ0n) is 14.5. The predicted octanol–water partition coefficient (Wildman–Crippen LogP) is 4.46. The van der Waals surface area contributed by atoms with Crippen molar-refractivity contribution in [3.8, 4) is 22.6 Å². The Hall–Kier alpha value is -2.79. The lowest BCUT2D eigenvalue weighted by atomic mass is 10.1. The van der Waals surface area contributed by atoms with Crippen LogP contribution >= 0.6 is 11.3 Å². The van der Waals surface area contributed by atoms with E-state index < -0.39 is 0 Å². The van der Waals surface area contributed by atoms with E-state index in [0.29, 0.717) is 19.8 Å². The van der Waals surface area contributed by atoms with Gasteiger partial charge in [-0.1, -0.05) is 36.4 Å². The number of carbonyl (C=O) groups is 1. The maximum atomic E-state index is 13.0. The van der Waals surface area contributed by atoms with Crippen LogP contribution in [0.4, 0.5) is 0 Å². The Morgan fingerprint density at radius 1 is 1.04 bits per heavy atom. The van der Waals surface area contributed by atoms with Gasteiger partial charge < -0.3 is 14.4 Å². The monoisotopic (exact) mass is 365 g/mol. The van der Waals surface area contributed by atoms with Gasteiger partial charge in [0.05, 0.1) is 4.88 Å². The third-order valence-electron chi connectivity index (χ3n) is 4.32. The van der Waals surface area contributed by atoms with Crippen LogP contribution in [0.25, 0.3) is 11.1 Å². The van der Waals surface area contributed by atoms with Crippen LogP contribution in [-0.2, 0) is 6.54 Å². The van der Waals surface area contributed by atoms with Gasteiger partial charge in [-0.15, -0.1) is 11.3 Å². The maximum Gasteiger partial charge on any atom is 0.264 e. The van der Waals surface area contributed by atoms with Crippen LogP contribution in [-0.4, -0.2) is 31.1 Å². The molecule has 0 bridgehead atoms. The Labute approximate surface area is 156 Å². The molecule has 0 saturated carbocycles. The molecule has 0 atom stereocenters. The topological polar surface area (TPSA) is 38.8 Å². The average molecular weight is 365 g/mol. The maximum absolute atomic E-state index is 13.0. The van der Waals surface area contributed by atoms with Crippen molar-refractivity contribution < 1.29 is 14.3 Å². The molecule has 1 aromatic heterocycles. The first-order chi connectivity index (χ1) is 12.7. The highest BCUT2D eigenvalue weighted by atomic mass is 32.1. The second-order valence-electron chi connectivity index (χ2n) is 6.17. The van der Waals surface area contributed by atoms with E-state index in [1.165, 1.54) is 11.3 Å². The number of hydrogen-bond donors (Lipinski definition) is 0. The number of rotatable bonds is 4. The van der Waals surface area contributed by atoms with Crippen LogP contribution in [0.5, 0.6) is 11.5 Å². The molecular formula is C21H19NO3S. The summed E-state index contributed by atoms with van der Waals surface area (Å²) in [5.74, 6) is 1.53. The lowest BCUT2D eigenvalue weighted by molar-refractivity contribution is 0.0790. The van der Waals surface area contributed by atoms with Crippen molar-refractivity contribution in [2.45, 2.75) is 6.54 Å². The summed E-state index contributed by atoms with van der Waals surface area (Å²) >= 11 is 1.48. The number of benzene rings is 2. The number of ether oxygens (including phenoxy) is 2. The normalized spacial score (nSPS) is 12.7. The van der Waals surface area contributed by atoms with Gasteiger partial charge in [0.15, 0.2) is 11.5 Å². The van der Waals surface area contributed by atoms with Gasteiger partial charge in [0.2, 0.25) is 0 Å². The first-order valence-electron chi connectivity index (χ1n) is 8.49. The van der Waals surface area contributed by atoms with E-state index in [-0.39, 0.29) is 5.91 Å². The van der Waals surface area contributed by atoms with Crippen LogP contribution < -0.4 is 9.47 Å². The molecule has 0 N–H and O–H groups in total. The molecular weight excluding hydrogens is 346 g/mol. The Kier molecular flexibility index (Phi) is 4.63. The zero-order valence-corrected chi connectivity index (χ0v) is 15.3. The molecule has 0 unspecified atom stereocenters. The molecule has 2 aromatic carbocycles. The summed E-state index contributed by atoms with van der Waals surface area (Å²) in [5, 5.41) is 1.97. The molecule has 4 rings (SSSR count). The molecule has 2 heterocycles. The summed E-state index contributed by atoms with van der Waals surface area (Å²) in [6, 6.07) is 17.8. The van der Waals surface area contributed by atoms with E-state index in [4.69, 9.17) is 9.47 Å². The molecule has 0 radical (unpaired) electrons. The highest BCUT2D eigenvalue weighted by Crippen LogP contribution is 2.32. The number of carbonyl (C=O) groups excluding carboxylic acids is 1. The minimum Gasteiger partial charge on any atom is -0.486 e. The molecule has 3 aromatic rings. The Bertz CT molecular complexity index is 920. The highest BCUT2D eigenvalue weighted by Gasteiger charge is 2.19. The van der Waals surface area contributed by atoms with Crippen molar-refractivity contribution in [1.82, 2.24) is 4.90 Å². The highest BCUT2D eigenvalue weighted by molar-refractivity contribution is 7.12. The summed E-state index contributed by atoms with van der Waals surface area (Å²) in [7, 11) is 1.83.